The molecular formula is C21H26N2O2S. The fourth-order valence-electron chi connectivity index (χ4n) is 4.14. The first-order chi connectivity index (χ1) is 12.5. The Hall–Kier alpha value is -1.69. The van der Waals surface area contributed by atoms with Crippen molar-refractivity contribution in [2.24, 2.45) is 0 Å². The highest BCUT2D eigenvalue weighted by atomic mass is 32.2. The lowest BCUT2D eigenvalue weighted by atomic mass is 9.96. The number of piperidine rings is 1. The van der Waals surface area contributed by atoms with Crippen LogP contribution >= 0.6 is 0 Å². The Labute approximate surface area is 156 Å². The van der Waals surface area contributed by atoms with Gasteiger partial charge in [0.05, 0.1) is 4.90 Å². The molecule has 2 aromatic rings. The molecule has 5 heteroatoms. The summed E-state index contributed by atoms with van der Waals surface area (Å²) in [4.78, 5) is 2.95. The van der Waals surface area contributed by atoms with E-state index in [1.54, 1.807) is 16.4 Å². The van der Waals surface area contributed by atoms with E-state index in [9.17, 15) is 8.42 Å². The minimum absolute atomic E-state index is 0.411. The highest BCUT2D eigenvalue weighted by Crippen LogP contribution is 2.27. The van der Waals surface area contributed by atoms with E-state index < -0.39 is 10.0 Å². The van der Waals surface area contributed by atoms with Gasteiger partial charge in [-0.25, -0.2) is 8.42 Å². The third-order valence-corrected chi connectivity index (χ3v) is 7.67. The van der Waals surface area contributed by atoms with E-state index in [4.69, 9.17) is 0 Å². The van der Waals surface area contributed by atoms with Gasteiger partial charge >= 0.3 is 0 Å². The van der Waals surface area contributed by atoms with Crippen LogP contribution in [0.1, 0.15) is 29.5 Å². The SMILES string of the molecule is Cc1ccc(S(=O)(=O)N2CCC(N3CCc4ccccc4C3)CC2)cc1. The molecule has 0 unspecified atom stereocenters. The van der Waals surface area contributed by atoms with Gasteiger partial charge in [-0.15, -0.1) is 0 Å². The second-order valence-electron chi connectivity index (χ2n) is 7.44. The maximum absolute atomic E-state index is 12.9. The van der Waals surface area contributed by atoms with Crippen LogP contribution in [-0.4, -0.2) is 43.3 Å². The molecule has 4 nitrogen and oxygen atoms in total. The Balaban J connectivity index is 1.41. The Morgan fingerprint density at radius 2 is 1.54 bits per heavy atom. The first kappa shape index (κ1) is 17.7. The van der Waals surface area contributed by atoms with Crippen molar-refractivity contribution >= 4 is 10.0 Å². The van der Waals surface area contributed by atoms with Crippen LogP contribution in [-0.2, 0) is 23.0 Å². The van der Waals surface area contributed by atoms with Crippen LogP contribution in [0, 0.1) is 6.92 Å². The van der Waals surface area contributed by atoms with Gasteiger partial charge in [-0.2, -0.15) is 4.31 Å². The average molecular weight is 371 g/mol. The zero-order valence-electron chi connectivity index (χ0n) is 15.3. The molecule has 0 radical (unpaired) electrons. The van der Waals surface area contributed by atoms with Crippen molar-refractivity contribution in [3.05, 3.63) is 65.2 Å². The van der Waals surface area contributed by atoms with Crippen LogP contribution in [0.2, 0.25) is 0 Å². The number of aryl methyl sites for hydroxylation is 1. The van der Waals surface area contributed by atoms with E-state index in [2.05, 4.69) is 29.2 Å². The Morgan fingerprint density at radius 1 is 0.885 bits per heavy atom. The van der Waals surface area contributed by atoms with E-state index >= 15 is 0 Å². The molecule has 0 bridgehead atoms. The lowest BCUT2D eigenvalue weighted by Gasteiger charge is -2.40. The highest BCUT2D eigenvalue weighted by Gasteiger charge is 2.32. The van der Waals surface area contributed by atoms with Gasteiger partial charge in [0.1, 0.15) is 0 Å². The molecule has 26 heavy (non-hydrogen) atoms. The summed E-state index contributed by atoms with van der Waals surface area (Å²) in [6, 6.07) is 16.3. The van der Waals surface area contributed by atoms with Crippen LogP contribution in [0.5, 0.6) is 0 Å². The van der Waals surface area contributed by atoms with Crippen molar-refractivity contribution in [2.75, 3.05) is 19.6 Å². The average Bonchev–Trinajstić information content (AvgIpc) is 2.68. The van der Waals surface area contributed by atoms with Gasteiger partial charge in [0, 0.05) is 32.2 Å². The van der Waals surface area contributed by atoms with Gasteiger partial charge in [-0.3, -0.25) is 4.90 Å². The predicted molar refractivity (Wildman–Crippen MR) is 104 cm³/mol. The minimum atomic E-state index is -3.37. The lowest BCUT2D eigenvalue weighted by molar-refractivity contribution is 0.126. The number of benzene rings is 2. The van der Waals surface area contributed by atoms with Crippen LogP contribution in [0.25, 0.3) is 0 Å². The van der Waals surface area contributed by atoms with Gasteiger partial charge in [0.25, 0.3) is 0 Å². The molecule has 2 aromatic carbocycles. The smallest absolute Gasteiger partial charge is 0.243 e. The van der Waals surface area contributed by atoms with Crippen LogP contribution < -0.4 is 0 Å². The highest BCUT2D eigenvalue weighted by molar-refractivity contribution is 7.89. The molecule has 0 N–H and O–H groups in total. The summed E-state index contributed by atoms with van der Waals surface area (Å²) in [7, 11) is -3.37. The Kier molecular flexibility index (Phi) is 4.86. The van der Waals surface area contributed by atoms with Crippen molar-refractivity contribution in [3.63, 3.8) is 0 Å². The fourth-order valence-corrected chi connectivity index (χ4v) is 5.61. The maximum Gasteiger partial charge on any atom is 0.243 e. The van der Waals surface area contributed by atoms with Gasteiger partial charge in [-0.1, -0.05) is 42.0 Å². The van der Waals surface area contributed by atoms with Crippen molar-refractivity contribution < 1.29 is 8.42 Å². The van der Waals surface area contributed by atoms with Crippen LogP contribution in [0.15, 0.2) is 53.4 Å². The van der Waals surface area contributed by atoms with Crippen LogP contribution in [0.4, 0.5) is 0 Å². The second kappa shape index (κ2) is 7.14. The standard InChI is InChI=1S/C21H26N2O2S/c1-17-6-8-21(9-7-17)26(24,25)23-14-11-20(12-15-23)22-13-10-18-4-2-3-5-19(18)16-22/h2-9,20H,10-16H2,1H3. The number of hydrogen-bond acceptors (Lipinski definition) is 3. The number of fused-ring (bicyclic) bond motifs is 1. The third kappa shape index (κ3) is 3.43. The predicted octanol–water partition coefficient (Wildman–Crippen LogP) is 3.21. The summed E-state index contributed by atoms with van der Waals surface area (Å²) in [5.74, 6) is 0. The molecular weight excluding hydrogens is 344 g/mol. The van der Waals surface area contributed by atoms with Crippen molar-refractivity contribution in [2.45, 2.75) is 43.7 Å². The van der Waals surface area contributed by atoms with E-state index in [0.29, 0.717) is 24.0 Å². The fraction of sp³-hybridized carbons (Fsp3) is 0.429. The molecule has 0 aromatic heterocycles. The molecule has 2 aliphatic rings. The second-order valence-corrected chi connectivity index (χ2v) is 9.38. The number of hydrogen-bond donors (Lipinski definition) is 0. The normalized spacial score (nSPS) is 20.0. The molecule has 0 saturated carbocycles. The molecule has 0 amide bonds. The van der Waals surface area contributed by atoms with Crippen molar-refractivity contribution in [1.29, 1.82) is 0 Å². The summed E-state index contributed by atoms with van der Waals surface area (Å²) in [6.45, 7) is 5.26. The molecule has 2 heterocycles. The summed E-state index contributed by atoms with van der Waals surface area (Å²) < 4.78 is 27.4. The zero-order valence-corrected chi connectivity index (χ0v) is 16.1. The maximum atomic E-state index is 12.9. The molecule has 4 rings (SSSR count). The monoisotopic (exact) mass is 370 g/mol. The van der Waals surface area contributed by atoms with Gasteiger partial charge in [0.15, 0.2) is 0 Å². The van der Waals surface area contributed by atoms with E-state index in [1.807, 2.05) is 19.1 Å². The topological polar surface area (TPSA) is 40.6 Å². The summed E-state index contributed by atoms with van der Waals surface area (Å²) >= 11 is 0. The van der Waals surface area contributed by atoms with Gasteiger partial charge in [-0.05, 0) is 49.4 Å². The van der Waals surface area contributed by atoms with E-state index in [0.717, 1.165) is 37.9 Å². The summed E-state index contributed by atoms with van der Waals surface area (Å²) in [6.07, 6.45) is 2.92. The number of rotatable bonds is 3. The quantitative estimate of drug-likeness (QED) is 0.833. The van der Waals surface area contributed by atoms with E-state index in [1.165, 1.54) is 11.1 Å². The first-order valence-corrected chi connectivity index (χ1v) is 10.9. The Morgan fingerprint density at radius 3 is 2.23 bits per heavy atom. The summed E-state index contributed by atoms with van der Waals surface area (Å²) in [5, 5.41) is 0. The first-order valence-electron chi connectivity index (χ1n) is 9.42. The van der Waals surface area contributed by atoms with Crippen molar-refractivity contribution in [1.82, 2.24) is 9.21 Å². The molecule has 1 fully saturated rings. The van der Waals surface area contributed by atoms with Gasteiger partial charge in [0.2, 0.25) is 10.0 Å². The van der Waals surface area contributed by atoms with Crippen LogP contribution in [0.3, 0.4) is 0 Å². The molecule has 138 valence electrons. The summed E-state index contributed by atoms with van der Waals surface area (Å²) in [5.41, 5.74) is 3.96. The lowest BCUT2D eigenvalue weighted by Crippen LogP contribution is -2.48. The molecule has 0 atom stereocenters. The van der Waals surface area contributed by atoms with E-state index in [-0.39, 0.29) is 0 Å². The molecule has 2 aliphatic heterocycles. The zero-order chi connectivity index (χ0) is 18.1. The van der Waals surface area contributed by atoms with Crippen molar-refractivity contribution in [3.8, 4) is 0 Å². The Bertz CT molecular complexity index is 869. The molecule has 1 saturated heterocycles. The largest absolute Gasteiger partial charge is 0.296 e. The number of nitrogens with zero attached hydrogens (tertiary/aromatic N) is 2. The molecule has 0 spiro atoms. The minimum Gasteiger partial charge on any atom is -0.296 e. The number of sulfonamides is 1. The van der Waals surface area contributed by atoms with Gasteiger partial charge < -0.3 is 0 Å². The third-order valence-electron chi connectivity index (χ3n) is 5.76. The molecule has 0 aliphatic carbocycles.